The molecule has 1 N–H and O–H groups in total. The lowest BCUT2D eigenvalue weighted by Gasteiger charge is -2.12. The molecule has 2 aromatic carbocycles. The molecule has 2 rings (SSSR count). The van der Waals surface area contributed by atoms with Crippen LogP contribution < -0.4 is 14.3 Å². The fraction of sp³-hybridized carbons (Fsp3) is 0.235. The van der Waals surface area contributed by atoms with Crippen LogP contribution in [0, 0.1) is 0 Å². The Morgan fingerprint density at radius 3 is 2.60 bits per heavy atom. The number of hydrogen-bond donors (Lipinski definition) is 1. The third-order valence-corrected chi connectivity index (χ3v) is 4.97. The molecule has 0 heterocycles. The lowest BCUT2D eigenvalue weighted by atomic mass is 10.2. The van der Waals surface area contributed by atoms with Gasteiger partial charge in [0.15, 0.2) is 11.5 Å². The third-order valence-electron chi connectivity index (χ3n) is 3.14. The molecule has 0 saturated carbocycles. The highest BCUT2D eigenvalue weighted by atomic mass is 79.9. The summed E-state index contributed by atoms with van der Waals surface area (Å²) in [5.74, 6) is 1.14. The standard InChI is InChI=1S/C17H19BrN2O4S/c1-3-9-24-17-15(18)10-13(11-16(17)23-2)12-19-20-25(21,22)14-7-5-4-6-8-14/h4-8,10-12,20H,3,9H2,1-2H3/b19-12-. The van der Waals surface area contributed by atoms with Crippen molar-refractivity contribution in [3.05, 3.63) is 52.5 Å². The molecule has 0 aliphatic carbocycles. The predicted molar refractivity (Wildman–Crippen MR) is 101 cm³/mol. The van der Waals surface area contributed by atoms with Gasteiger partial charge in [0.25, 0.3) is 10.0 Å². The minimum absolute atomic E-state index is 0.147. The van der Waals surface area contributed by atoms with Gasteiger partial charge in [-0.05, 0) is 52.2 Å². The molecule has 0 radical (unpaired) electrons. The Labute approximate surface area is 156 Å². The molecule has 0 unspecified atom stereocenters. The molecule has 2 aromatic rings. The Morgan fingerprint density at radius 2 is 1.96 bits per heavy atom. The Morgan fingerprint density at radius 1 is 1.24 bits per heavy atom. The van der Waals surface area contributed by atoms with Gasteiger partial charge in [-0.25, -0.2) is 4.83 Å². The lowest BCUT2D eigenvalue weighted by molar-refractivity contribution is 0.292. The monoisotopic (exact) mass is 426 g/mol. The predicted octanol–water partition coefficient (Wildman–Crippen LogP) is 3.56. The maximum absolute atomic E-state index is 12.1. The summed E-state index contributed by atoms with van der Waals surface area (Å²) < 4.78 is 35.9. The normalized spacial score (nSPS) is 11.5. The highest BCUT2D eigenvalue weighted by Gasteiger charge is 2.13. The molecule has 8 heteroatoms. The Hall–Kier alpha value is -2.06. The van der Waals surface area contributed by atoms with E-state index in [9.17, 15) is 8.42 Å². The molecule has 0 fully saturated rings. The zero-order chi connectivity index (χ0) is 18.3. The van der Waals surface area contributed by atoms with Crippen molar-refractivity contribution in [3.63, 3.8) is 0 Å². The number of benzene rings is 2. The van der Waals surface area contributed by atoms with Crippen molar-refractivity contribution in [2.45, 2.75) is 18.2 Å². The number of hydrazone groups is 1. The molecule has 0 spiro atoms. The first-order chi connectivity index (χ1) is 12.0. The number of nitrogens with zero attached hydrogens (tertiary/aromatic N) is 1. The van der Waals surface area contributed by atoms with E-state index in [2.05, 4.69) is 25.9 Å². The number of halogens is 1. The molecule has 0 aliphatic heterocycles. The van der Waals surface area contributed by atoms with Gasteiger partial charge in [-0.3, -0.25) is 0 Å². The van der Waals surface area contributed by atoms with E-state index in [1.54, 1.807) is 37.4 Å². The maximum Gasteiger partial charge on any atom is 0.276 e. The fourth-order valence-electron chi connectivity index (χ4n) is 1.98. The van der Waals surface area contributed by atoms with Crippen LogP contribution in [0.15, 0.2) is 56.9 Å². The van der Waals surface area contributed by atoms with E-state index in [0.717, 1.165) is 6.42 Å². The van der Waals surface area contributed by atoms with E-state index in [1.807, 2.05) is 6.92 Å². The minimum atomic E-state index is -3.69. The smallest absolute Gasteiger partial charge is 0.276 e. The first kappa shape index (κ1) is 19.3. The molecule has 0 saturated heterocycles. The molecule has 6 nitrogen and oxygen atoms in total. The summed E-state index contributed by atoms with van der Waals surface area (Å²) in [5.41, 5.74) is 0.656. The summed E-state index contributed by atoms with van der Waals surface area (Å²) in [6.45, 7) is 2.58. The van der Waals surface area contributed by atoms with Crippen molar-refractivity contribution < 1.29 is 17.9 Å². The highest BCUT2D eigenvalue weighted by Crippen LogP contribution is 2.36. The summed E-state index contributed by atoms with van der Waals surface area (Å²) >= 11 is 3.43. The van der Waals surface area contributed by atoms with Gasteiger partial charge in [0.1, 0.15) is 0 Å². The fourth-order valence-corrected chi connectivity index (χ4v) is 3.37. The van der Waals surface area contributed by atoms with Crippen LogP contribution in [-0.4, -0.2) is 28.3 Å². The van der Waals surface area contributed by atoms with Gasteiger partial charge in [0.2, 0.25) is 0 Å². The summed E-state index contributed by atoms with van der Waals surface area (Å²) in [6, 6.07) is 11.5. The molecule has 0 bridgehead atoms. The van der Waals surface area contributed by atoms with E-state index >= 15 is 0 Å². The number of methoxy groups -OCH3 is 1. The minimum Gasteiger partial charge on any atom is -0.493 e. The van der Waals surface area contributed by atoms with Crippen LogP contribution in [0.1, 0.15) is 18.9 Å². The van der Waals surface area contributed by atoms with E-state index in [0.29, 0.717) is 28.1 Å². The van der Waals surface area contributed by atoms with Crippen LogP contribution in [0.4, 0.5) is 0 Å². The van der Waals surface area contributed by atoms with Gasteiger partial charge in [-0.1, -0.05) is 25.1 Å². The zero-order valence-electron chi connectivity index (χ0n) is 13.9. The molecule has 0 aliphatic rings. The van der Waals surface area contributed by atoms with Crippen molar-refractivity contribution in [1.29, 1.82) is 0 Å². The topological polar surface area (TPSA) is 77.0 Å². The van der Waals surface area contributed by atoms with Gasteiger partial charge in [0, 0.05) is 0 Å². The number of rotatable bonds is 8. The average molecular weight is 427 g/mol. The van der Waals surface area contributed by atoms with Crippen molar-refractivity contribution >= 4 is 32.2 Å². The first-order valence-corrected chi connectivity index (χ1v) is 9.85. The highest BCUT2D eigenvalue weighted by molar-refractivity contribution is 9.10. The van der Waals surface area contributed by atoms with Crippen molar-refractivity contribution in [2.75, 3.05) is 13.7 Å². The lowest BCUT2D eigenvalue weighted by Crippen LogP contribution is -2.18. The average Bonchev–Trinajstić information content (AvgIpc) is 2.61. The van der Waals surface area contributed by atoms with Crippen LogP contribution in [0.2, 0.25) is 0 Å². The van der Waals surface area contributed by atoms with E-state index in [1.165, 1.54) is 18.3 Å². The first-order valence-electron chi connectivity index (χ1n) is 7.58. The summed E-state index contributed by atoms with van der Waals surface area (Å²) in [5, 5.41) is 3.82. The molecule has 0 aromatic heterocycles. The number of ether oxygens (including phenoxy) is 2. The van der Waals surface area contributed by atoms with Gasteiger partial charge in [0.05, 0.1) is 29.3 Å². The van der Waals surface area contributed by atoms with Crippen LogP contribution in [0.5, 0.6) is 11.5 Å². The summed E-state index contributed by atoms with van der Waals surface area (Å²) in [6.07, 6.45) is 2.28. The number of sulfonamides is 1. The third kappa shape index (κ3) is 5.20. The van der Waals surface area contributed by atoms with E-state index < -0.39 is 10.0 Å². The zero-order valence-corrected chi connectivity index (χ0v) is 16.3. The quantitative estimate of drug-likeness (QED) is 0.516. The van der Waals surface area contributed by atoms with Crippen LogP contribution in [0.3, 0.4) is 0 Å². The van der Waals surface area contributed by atoms with Gasteiger partial charge in [-0.15, -0.1) is 0 Å². The summed E-state index contributed by atoms with van der Waals surface area (Å²) in [7, 11) is -2.15. The van der Waals surface area contributed by atoms with E-state index in [-0.39, 0.29) is 4.90 Å². The number of nitrogens with one attached hydrogen (secondary N) is 1. The Bertz CT molecular complexity index is 839. The molecular formula is C17H19BrN2O4S. The van der Waals surface area contributed by atoms with Gasteiger partial charge in [-0.2, -0.15) is 13.5 Å². The van der Waals surface area contributed by atoms with Crippen molar-refractivity contribution in [2.24, 2.45) is 5.10 Å². The molecule has 0 atom stereocenters. The summed E-state index contributed by atoms with van der Waals surface area (Å²) in [4.78, 5) is 2.33. The van der Waals surface area contributed by atoms with Gasteiger partial charge >= 0.3 is 0 Å². The Kier molecular flexibility index (Phi) is 6.83. The Balaban J connectivity index is 2.17. The van der Waals surface area contributed by atoms with Crippen LogP contribution in [-0.2, 0) is 10.0 Å². The second kappa shape index (κ2) is 8.87. The maximum atomic E-state index is 12.1. The van der Waals surface area contributed by atoms with Crippen LogP contribution >= 0.6 is 15.9 Å². The number of hydrogen-bond acceptors (Lipinski definition) is 5. The van der Waals surface area contributed by atoms with Gasteiger partial charge < -0.3 is 9.47 Å². The van der Waals surface area contributed by atoms with E-state index in [4.69, 9.17) is 9.47 Å². The van der Waals surface area contributed by atoms with Crippen LogP contribution in [0.25, 0.3) is 0 Å². The van der Waals surface area contributed by atoms with Crippen molar-refractivity contribution in [1.82, 2.24) is 4.83 Å². The molecule has 134 valence electrons. The second-order valence-electron chi connectivity index (χ2n) is 5.05. The molecule has 25 heavy (non-hydrogen) atoms. The van der Waals surface area contributed by atoms with Crippen molar-refractivity contribution in [3.8, 4) is 11.5 Å². The largest absolute Gasteiger partial charge is 0.493 e. The SMILES string of the molecule is CCCOc1c(Br)cc(/C=N\NS(=O)(=O)c2ccccc2)cc1OC. The molecule has 0 amide bonds. The molecular weight excluding hydrogens is 408 g/mol. The second-order valence-corrected chi connectivity index (χ2v) is 7.56.